The molecule has 6 heteroatoms. The zero-order chi connectivity index (χ0) is 14.1. The molecular weight excluding hydrogens is 296 g/mol. The molecule has 1 aromatic rings. The van der Waals surface area contributed by atoms with Crippen LogP contribution in [0.1, 0.15) is 12.0 Å². The highest BCUT2D eigenvalue weighted by atomic mass is 35.5. The van der Waals surface area contributed by atoms with E-state index in [0.29, 0.717) is 6.54 Å². The summed E-state index contributed by atoms with van der Waals surface area (Å²) in [6.07, 6.45) is 3.20. The minimum Gasteiger partial charge on any atom is -0.380 e. The van der Waals surface area contributed by atoms with Gasteiger partial charge in [0.25, 0.3) is 0 Å². The Morgan fingerprint density at radius 1 is 1.40 bits per heavy atom. The number of hydrogen-bond donors (Lipinski definition) is 2. The first kappa shape index (κ1) is 19.2. The quantitative estimate of drug-likeness (QED) is 0.772. The van der Waals surface area contributed by atoms with E-state index >= 15 is 0 Å². The Bertz CT molecular complexity index is 383. The van der Waals surface area contributed by atoms with E-state index in [9.17, 15) is 4.79 Å². The number of aryl methyl sites for hydroxylation is 1. The SMILES string of the molecule is COC(CN)CC(=O)Nc1ccc(CCSC)cc1.Cl. The van der Waals surface area contributed by atoms with Crippen LogP contribution in [0.2, 0.25) is 0 Å². The second kappa shape index (κ2) is 11.0. The molecule has 20 heavy (non-hydrogen) atoms. The van der Waals surface area contributed by atoms with Gasteiger partial charge in [-0.25, -0.2) is 0 Å². The van der Waals surface area contributed by atoms with E-state index in [1.54, 1.807) is 7.11 Å². The maximum Gasteiger partial charge on any atom is 0.227 e. The molecule has 0 aliphatic carbocycles. The second-order valence-corrected chi connectivity index (χ2v) is 5.27. The molecule has 1 amide bonds. The molecule has 1 atom stereocenters. The molecule has 1 rings (SSSR count). The van der Waals surface area contributed by atoms with Crippen molar-refractivity contribution in [1.82, 2.24) is 0 Å². The fourth-order valence-electron chi connectivity index (χ4n) is 1.66. The van der Waals surface area contributed by atoms with Crippen molar-refractivity contribution in [2.75, 3.05) is 31.0 Å². The summed E-state index contributed by atoms with van der Waals surface area (Å²) in [5.41, 5.74) is 7.58. The van der Waals surface area contributed by atoms with Crippen molar-refractivity contribution in [3.63, 3.8) is 0 Å². The number of anilines is 1. The fourth-order valence-corrected chi connectivity index (χ4v) is 2.10. The molecule has 4 nitrogen and oxygen atoms in total. The number of hydrogen-bond acceptors (Lipinski definition) is 4. The number of nitrogens with two attached hydrogens (primary N) is 1. The first-order valence-corrected chi connectivity index (χ1v) is 7.69. The van der Waals surface area contributed by atoms with Crippen molar-refractivity contribution >= 4 is 35.8 Å². The smallest absolute Gasteiger partial charge is 0.227 e. The van der Waals surface area contributed by atoms with Gasteiger partial charge in [0.05, 0.1) is 12.5 Å². The van der Waals surface area contributed by atoms with Crippen LogP contribution in [0.4, 0.5) is 5.69 Å². The van der Waals surface area contributed by atoms with Gasteiger partial charge in [-0.3, -0.25) is 4.79 Å². The Balaban J connectivity index is 0.00000361. The van der Waals surface area contributed by atoms with Crippen LogP contribution in [-0.2, 0) is 16.0 Å². The summed E-state index contributed by atoms with van der Waals surface area (Å²) >= 11 is 1.83. The molecule has 0 heterocycles. The zero-order valence-electron chi connectivity index (χ0n) is 11.9. The van der Waals surface area contributed by atoms with Crippen LogP contribution in [-0.4, -0.2) is 37.7 Å². The number of ether oxygens (including phenoxy) is 1. The van der Waals surface area contributed by atoms with Crippen LogP contribution in [0.5, 0.6) is 0 Å². The molecule has 0 aliphatic heterocycles. The molecular formula is C14H23ClN2O2S. The average molecular weight is 319 g/mol. The van der Waals surface area contributed by atoms with Crippen molar-refractivity contribution in [2.45, 2.75) is 18.9 Å². The van der Waals surface area contributed by atoms with E-state index in [4.69, 9.17) is 10.5 Å². The summed E-state index contributed by atoms with van der Waals surface area (Å²) in [4.78, 5) is 11.7. The highest BCUT2D eigenvalue weighted by Crippen LogP contribution is 2.12. The van der Waals surface area contributed by atoms with Crippen LogP contribution in [0, 0.1) is 0 Å². The van der Waals surface area contributed by atoms with E-state index in [1.807, 2.05) is 36.0 Å². The highest BCUT2D eigenvalue weighted by Gasteiger charge is 2.11. The van der Waals surface area contributed by atoms with Gasteiger partial charge in [0.15, 0.2) is 0 Å². The molecule has 0 saturated heterocycles. The normalized spacial score (nSPS) is 11.6. The van der Waals surface area contributed by atoms with E-state index in [1.165, 1.54) is 5.56 Å². The van der Waals surface area contributed by atoms with Gasteiger partial charge < -0.3 is 15.8 Å². The number of nitrogens with one attached hydrogen (secondary N) is 1. The lowest BCUT2D eigenvalue weighted by atomic mass is 10.1. The first-order chi connectivity index (χ1) is 9.19. The molecule has 0 aliphatic rings. The minimum absolute atomic E-state index is 0. The number of carbonyl (C=O) groups is 1. The lowest BCUT2D eigenvalue weighted by Gasteiger charge is -2.12. The lowest BCUT2D eigenvalue weighted by molar-refractivity contribution is -0.118. The molecule has 0 saturated carbocycles. The van der Waals surface area contributed by atoms with Gasteiger partial charge in [-0.1, -0.05) is 12.1 Å². The van der Waals surface area contributed by atoms with Gasteiger partial charge in [-0.05, 0) is 36.1 Å². The van der Waals surface area contributed by atoms with Gasteiger partial charge in [0, 0.05) is 19.3 Å². The number of rotatable bonds is 8. The number of amides is 1. The van der Waals surface area contributed by atoms with Gasteiger partial charge >= 0.3 is 0 Å². The van der Waals surface area contributed by atoms with E-state index < -0.39 is 0 Å². The van der Waals surface area contributed by atoms with Crippen LogP contribution < -0.4 is 11.1 Å². The maximum atomic E-state index is 11.7. The van der Waals surface area contributed by atoms with Gasteiger partial charge in [0.2, 0.25) is 5.91 Å². The van der Waals surface area contributed by atoms with E-state index in [-0.39, 0.29) is 30.8 Å². The molecule has 3 N–H and O–H groups in total. The van der Waals surface area contributed by atoms with Gasteiger partial charge in [0.1, 0.15) is 0 Å². The fraction of sp³-hybridized carbons (Fsp3) is 0.500. The second-order valence-electron chi connectivity index (χ2n) is 4.29. The largest absolute Gasteiger partial charge is 0.380 e. The first-order valence-electron chi connectivity index (χ1n) is 6.30. The number of carbonyl (C=O) groups excluding carboxylic acids is 1. The van der Waals surface area contributed by atoms with Crippen LogP contribution in [0.15, 0.2) is 24.3 Å². The predicted octanol–water partition coefficient (Wildman–Crippen LogP) is 2.32. The standard InChI is InChI=1S/C14H22N2O2S.ClH/c1-18-13(10-15)9-14(17)16-12-5-3-11(4-6-12)7-8-19-2;/h3-6,13H,7-10,15H2,1-2H3,(H,16,17);1H. The summed E-state index contributed by atoms with van der Waals surface area (Å²) in [7, 11) is 1.56. The Morgan fingerprint density at radius 3 is 2.55 bits per heavy atom. The molecule has 0 fully saturated rings. The average Bonchev–Trinajstić information content (AvgIpc) is 2.44. The van der Waals surface area contributed by atoms with Crippen molar-refractivity contribution in [1.29, 1.82) is 0 Å². The Morgan fingerprint density at radius 2 is 2.05 bits per heavy atom. The zero-order valence-corrected chi connectivity index (χ0v) is 13.6. The lowest BCUT2D eigenvalue weighted by Crippen LogP contribution is -2.28. The summed E-state index contributed by atoms with van der Waals surface area (Å²) in [6.45, 7) is 0.345. The molecule has 1 aromatic carbocycles. The van der Waals surface area contributed by atoms with Crippen LogP contribution in [0.3, 0.4) is 0 Å². The molecule has 114 valence electrons. The third-order valence-corrected chi connectivity index (χ3v) is 3.45. The predicted molar refractivity (Wildman–Crippen MR) is 88.9 cm³/mol. The summed E-state index contributed by atoms with van der Waals surface area (Å²) < 4.78 is 5.08. The monoisotopic (exact) mass is 318 g/mol. The Kier molecular flexibility index (Phi) is 10.6. The maximum absolute atomic E-state index is 11.7. The third-order valence-electron chi connectivity index (χ3n) is 2.84. The number of halogens is 1. The van der Waals surface area contributed by atoms with Crippen LogP contribution >= 0.6 is 24.2 Å². The molecule has 0 radical (unpaired) electrons. The van der Waals surface area contributed by atoms with E-state index in [2.05, 4.69) is 11.6 Å². The van der Waals surface area contributed by atoms with Crippen molar-refractivity contribution in [3.8, 4) is 0 Å². The summed E-state index contributed by atoms with van der Waals surface area (Å²) in [5.74, 6) is 1.03. The van der Waals surface area contributed by atoms with Crippen molar-refractivity contribution in [3.05, 3.63) is 29.8 Å². The summed E-state index contributed by atoms with van der Waals surface area (Å²) in [6, 6.07) is 7.95. The van der Waals surface area contributed by atoms with Crippen LogP contribution in [0.25, 0.3) is 0 Å². The van der Waals surface area contributed by atoms with Crippen molar-refractivity contribution in [2.24, 2.45) is 5.73 Å². The number of methoxy groups -OCH3 is 1. The minimum atomic E-state index is -0.221. The third kappa shape index (κ3) is 7.14. The Labute approximate surface area is 131 Å². The van der Waals surface area contributed by atoms with Gasteiger partial charge in [-0.2, -0.15) is 11.8 Å². The molecule has 0 aromatic heterocycles. The topological polar surface area (TPSA) is 64.3 Å². The molecule has 0 bridgehead atoms. The number of benzene rings is 1. The Hall–Kier alpha value is -0.750. The number of thioether (sulfide) groups is 1. The summed E-state index contributed by atoms with van der Waals surface area (Å²) in [5, 5.41) is 2.84. The van der Waals surface area contributed by atoms with Gasteiger partial charge in [-0.15, -0.1) is 12.4 Å². The van der Waals surface area contributed by atoms with Crippen molar-refractivity contribution < 1.29 is 9.53 Å². The molecule has 0 spiro atoms. The molecule has 1 unspecified atom stereocenters. The van der Waals surface area contributed by atoms with E-state index in [0.717, 1.165) is 17.9 Å². The highest BCUT2D eigenvalue weighted by molar-refractivity contribution is 7.98.